The Morgan fingerprint density at radius 2 is 2.11 bits per heavy atom. The molecule has 1 aromatic carbocycles. The van der Waals surface area contributed by atoms with Crippen LogP contribution in [0.2, 0.25) is 0 Å². The van der Waals surface area contributed by atoms with E-state index in [9.17, 15) is 4.79 Å². The maximum Gasteiger partial charge on any atom is 0.226 e. The van der Waals surface area contributed by atoms with E-state index in [1.54, 1.807) is 12.5 Å². The summed E-state index contributed by atoms with van der Waals surface area (Å²) >= 11 is 0. The summed E-state index contributed by atoms with van der Waals surface area (Å²) in [5, 5.41) is 6.43. The Kier molecular flexibility index (Phi) is 6.64. The first-order valence-electron chi connectivity index (χ1n) is 11.6. The third kappa shape index (κ3) is 5.28. The van der Waals surface area contributed by atoms with Gasteiger partial charge >= 0.3 is 0 Å². The number of aryl methyl sites for hydroxylation is 1. The number of ether oxygens (including phenoxy) is 1. The Hall–Kier alpha value is -3.89. The number of nitrogens with one attached hydrogen (secondary N) is 3. The van der Waals surface area contributed by atoms with Gasteiger partial charge in [0.05, 0.1) is 25.5 Å². The zero-order valence-corrected chi connectivity index (χ0v) is 19.8. The van der Waals surface area contributed by atoms with Gasteiger partial charge in [-0.2, -0.15) is 0 Å². The summed E-state index contributed by atoms with van der Waals surface area (Å²) in [6.45, 7) is 4.47. The SMILES string of the molecule is Cc1ccc(NC(=O)CC2CCN(C)CCO2)cc1Nc1ncccc1-c1ncnc2[nH]cnc12. The van der Waals surface area contributed by atoms with E-state index in [-0.39, 0.29) is 12.0 Å². The number of aromatic amines is 1. The Bertz CT molecular complexity index is 1340. The molecule has 180 valence electrons. The van der Waals surface area contributed by atoms with Gasteiger partial charge in [0.1, 0.15) is 23.4 Å². The van der Waals surface area contributed by atoms with Crippen LogP contribution in [-0.2, 0) is 9.53 Å². The van der Waals surface area contributed by atoms with Crippen LogP contribution in [0.1, 0.15) is 18.4 Å². The lowest BCUT2D eigenvalue weighted by molar-refractivity contribution is -0.118. The second kappa shape index (κ2) is 10.2. The fourth-order valence-electron chi connectivity index (χ4n) is 4.13. The first-order valence-corrected chi connectivity index (χ1v) is 11.6. The van der Waals surface area contributed by atoms with E-state index >= 15 is 0 Å². The highest BCUT2D eigenvalue weighted by Gasteiger charge is 2.19. The number of likely N-dealkylation sites (N-methyl/N-ethyl adjacent to an activating group) is 1. The van der Waals surface area contributed by atoms with Crippen LogP contribution in [0.3, 0.4) is 0 Å². The summed E-state index contributed by atoms with van der Waals surface area (Å²) in [5.41, 5.74) is 5.38. The largest absolute Gasteiger partial charge is 0.376 e. The maximum absolute atomic E-state index is 12.7. The third-order valence-corrected chi connectivity index (χ3v) is 6.13. The van der Waals surface area contributed by atoms with Gasteiger partial charge in [0.25, 0.3) is 0 Å². The molecule has 1 unspecified atom stereocenters. The number of fused-ring (bicyclic) bond motifs is 1. The van der Waals surface area contributed by atoms with Crippen LogP contribution < -0.4 is 10.6 Å². The Morgan fingerprint density at radius 3 is 3.03 bits per heavy atom. The van der Waals surface area contributed by atoms with Crippen LogP contribution in [0, 0.1) is 6.92 Å². The molecule has 0 spiro atoms. The molecule has 0 aliphatic carbocycles. The van der Waals surface area contributed by atoms with E-state index in [4.69, 9.17) is 4.74 Å². The minimum atomic E-state index is -0.0641. The van der Waals surface area contributed by atoms with Crippen LogP contribution in [-0.4, -0.2) is 68.6 Å². The van der Waals surface area contributed by atoms with E-state index in [1.165, 1.54) is 6.33 Å². The molecule has 1 fully saturated rings. The molecule has 3 aromatic heterocycles. The van der Waals surface area contributed by atoms with Crippen molar-refractivity contribution in [1.82, 2.24) is 29.8 Å². The van der Waals surface area contributed by atoms with Crippen LogP contribution in [0.4, 0.5) is 17.2 Å². The van der Waals surface area contributed by atoms with E-state index in [2.05, 4.69) is 47.5 Å². The molecule has 0 saturated carbocycles. The number of carbonyl (C=O) groups is 1. The van der Waals surface area contributed by atoms with Gasteiger partial charge in [-0.05, 0) is 50.2 Å². The molecule has 3 N–H and O–H groups in total. The number of hydrogen-bond donors (Lipinski definition) is 3. The lowest BCUT2D eigenvalue weighted by Crippen LogP contribution is -2.23. The number of nitrogens with zero attached hydrogens (tertiary/aromatic N) is 5. The van der Waals surface area contributed by atoms with Gasteiger partial charge in [-0.3, -0.25) is 4.79 Å². The van der Waals surface area contributed by atoms with Crippen LogP contribution in [0.5, 0.6) is 0 Å². The van der Waals surface area contributed by atoms with Crippen molar-refractivity contribution >= 4 is 34.3 Å². The van der Waals surface area contributed by atoms with Crippen molar-refractivity contribution in [1.29, 1.82) is 0 Å². The molecule has 0 radical (unpaired) electrons. The predicted molar refractivity (Wildman–Crippen MR) is 134 cm³/mol. The number of carbonyl (C=O) groups excluding carboxylic acids is 1. The highest BCUT2D eigenvalue weighted by molar-refractivity contribution is 5.93. The number of benzene rings is 1. The monoisotopic (exact) mass is 472 g/mol. The smallest absolute Gasteiger partial charge is 0.226 e. The van der Waals surface area contributed by atoms with Gasteiger partial charge < -0.3 is 25.3 Å². The number of anilines is 3. The molecule has 5 rings (SSSR count). The molecule has 10 heteroatoms. The van der Waals surface area contributed by atoms with E-state index in [0.29, 0.717) is 41.4 Å². The number of hydrogen-bond acceptors (Lipinski definition) is 8. The summed E-state index contributed by atoms with van der Waals surface area (Å²) < 4.78 is 5.84. The van der Waals surface area contributed by atoms with Crippen molar-refractivity contribution < 1.29 is 9.53 Å². The maximum atomic E-state index is 12.7. The Balaban J connectivity index is 1.34. The summed E-state index contributed by atoms with van der Waals surface area (Å²) in [6, 6.07) is 9.58. The topological polar surface area (TPSA) is 121 Å². The summed E-state index contributed by atoms with van der Waals surface area (Å²) in [5.74, 6) is 0.577. The van der Waals surface area contributed by atoms with Gasteiger partial charge in [-0.15, -0.1) is 0 Å². The number of pyridine rings is 1. The minimum absolute atomic E-state index is 0.0604. The zero-order chi connectivity index (χ0) is 24.2. The number of aromatic nitrogens is 5. The molecule has 10 nitrogen and oxygen atoms in total. The van der Waals surface area contributed by atoms with Crippen molar-refractivity contribution in [2.75, 3.05) is 37.4 Å². The molecule has 1 aliphatic rings. The highest BCUT2D eigenvalue weighted by Crippen LogP contribution is 2.32. The van der Waals surface area contributed by atoms with Crippen molar-refractivity contribution in [3.05, 3.63) is 54.7 Å². The summed E-state index contributed by atoms with van der Waals surface area (Å²) in [6.07, 6.45) is 5.94. The molecule has 1 amide bonds. The molecular formula is C25H28N8O2. The second-order valence-electron chi connectivity index (χ2n) is 8.71. The number of H-pyrrole nitrogens is 1. The second-order valence-corrected chi connectivity index (χ2v) is 8.71. The highest BCUT2D eigenvalue weighted by atomic mass is 16.5. The van der Waals surface area contributed by atoms with Gasteiger partial charge in [-0.1, -0.05) is 6.07 Å². The molecule has 1 atom stereocenters. The van der Waals surface area contributed by atoms with Gasteiger partial charge in [0, 0.05) is 36.2 Å². The van der Waals surface area contributed by atoms with Crippen molar-refractivity contribution in [2.45, 2.75) is 25.9 Å². The number of rotatable bonds is 6. The molecular weight excluding hydrogens is 444 g/mol. The normalized spacial score (nSPS) is 16.7. The van der Waals surface area contributed by atoms with Crippen molar-refractivity contribution in [2.24, 2.45) is 0 Å². The molecule has 1 aliphatic heterocycles. The average Bonchev–Trinajstić information content (AvgIpc) is 3.25. The van der Waals surface area contributed by atoms with Gasteiger partial charge in [0.15, 0.2) is 5.65 Å². The lowest BCUT2D eigenvalue weighted by Gasteiger charge is -2.16. The predicted octanol–water partition coefficient (Wildman–Crippen LogP) is 3.52. The van der Waals surface area contributed by atoms with Crippen LogP contribution in [0.15, 0.2) is 49.2 Å². The molecule has 35 heavy (non-hydrogen) atoms. The zero-order valence-electron chi connectivity index (χ0n) is 19.8. The van der Waals surface area contributed by atoms with Crippen LogP contribution in [0.25, 0.3) is 22.4 Å². The minimum Gasteiger partial charge on any atom is -0.376 e. The van der Waals surface area contributed by atoms with Gasteiger partial charge in [-0.25, -0.2) is 19.9 Å². The lowest BCUT2D eigenvalue weighted by atomic mass is 10.1. The Morgan fingerprint density at radius 1 is 1.20 bits per heavy atom. The number of amides is 1. The van der Waals surface area contributed by atoms with E-state index in [0.717, 1.165) is 36.3 Å². The number of imidazole rings is 1. The first kappa shape index (κ1) is 22.9. The Labute approximate surface area is 203 Å². The molecule has 4 aromatic rings. The molecule has 4 heterocycles. The molecule has 0 bridgehead atoms. The quantitative estimate of drug-likeness (QED) is 0.390. The van der Waals surface area contributed by atoms with Crippen molar-refractivity contribution in [3.8, 4) is 11.3 Å². The third-order valence-electron chi connectivity index (χ3n) is 6.13. The van der Waals surface area contributed by atoms with Gasteiger partial charge in [0.2, 0.25) is 5.91 Å². The summed E-state index contributed by atoms with van der Waals surface area (Å²) in [7, 11) is 2.07. The standard InChI is InChI=1S/C25H28N8O2/c1-16-5-6-17(31-21(34)13-18-7-9-33(2)10-11-35-18)12-20(16)32-24-19(4-3-8-26-24)22-23-25(29-14-27-22)30-15-28-23/h3-6,8,12,14-15,18H,7,9-11,13H2,1-2H3,(H,26,32)(H,31,34)(H,27,28,29,30). The van der Waals surface area contributed by atoms with E-state index in [1.807, 2.05) is 37.3 Å². The molecule has 1 saturated heterocycles. The first-order chi connectivity index (χ1) is 17.1. The summed E-state index contributed by atoms with van der Waals surface area (Å²) in [4.78, 5) is 35.5. The average molecular weight is 473 g/mol. The van der Waals surface area contributed by atoms with E-state index < -0.39 is 0 Å². The fraction of sp³-hybridized carbons (Fsp3) is 0.320. The van der Waals surface area contributed by atoms with Crippen LogP contribution >= 0.6 is 0 Å². The van der Waals surface area contributed by atoms with Crippen molar-refractivity contribution in [3.63, 3.8) is 0 Å². The fourth-order valence-corrected chi connectivity index (χ4v) is 4.13.